The summed E-state index contributed by atoms with van der Waals surface area (Å²) < 4.78 is 5.34. The number of hydrogen-bond donors (Lipinski definition) is 7. The standard InChI is InChI=1S/C24H30N4O7/c1-13(30)27-20-17(11-19(23(33)34)35-22(20)21(32)18(31)12-29)28-24(25)26-9-8-14-6-7-15-4-2-3-5-16(15)10-14/h2-7,10-11,17-18,20-22,29,31-32H,8-9,12H2,1H3,(H,27,30)(H,33,34)(H3,25,26,28)/t17-,18+,20+,21+,22+/m0/s1. The molecule has 3 rings (SSSR count). The molecule has 8 N–H and O–H groups in total. The summed E-state index contributed by atoms with van der Waals surface area (Å²) >= 11 is 0. The van der Waals surface area contributed by atoms with Crippen LogP contribution >= 0.6 is 0 Å². The first-order valence-corrected chi connectivity index (χ1v) is 11.1. The summed E-state index contributed by atoms with van der Waals surface area (Å²) in [4.78, 5) is 27.7. The highest BCUT2D eigenvalue weighted by molar-refractivity contribution is 5.86. The average molecular weight is 487 g/mol. The molecule has 0 saturated heterocycles. The smallest absolute Gasteiger partial charge is 0.370 e. The van der Waals surface area contributed by atoms with Crippen LogP contribution in [-0.2, 0) is 20.7 Å². The van der Waals surface area contributed by atoms with Gasteiger partial charge in [0.15, 0.2) is 5.96 Å². The number of nitrogens with one attached hydrogen (secondary N) is 2. The normalized spacial score (nSPS) is 22.0. The summed E-state index contributed by atoms with van der Waals surface area (Å²) in [6, 6.07) is 12.1. The Kier molecular flexibility index (Phi) is 8.63. The number of guanidine groups is 1. The van der Waals surface area contributed by atoms with Crippen LogP contribution in [0.1, 0.15) is 12.5 Å². The minimum atomic E-state index is -1.70. The van der Waals surface area contributed by atoms with E-state index in [-0.39, 0.29) is 5.96 Å². The molecule has 0 bridgehead atoms. The van der Waals surface area contributed by atoms with Crippen molar-refractivity contribution >= 4 is 28.6 Å². The largest absolute Gasteiger partial charge is 0.478 e. The van der Waals surface area contributed by atoms with Gasteiger partial charge in [-0.2, -0.15) is 0 Å². The van der Waals surface area contributed by atoms with Crippen molar-refractivity contribution in [2.24, 2.45) is 10.7 Å². The molecule has 2 aromatic carbocycles. The maximum Gasteiger partial charge on any atom is 0.370 e. The molecule has 188 valence electrons. The van der Waals surface area contributed by atoms with Gasteiger partial charge in [-0.05, 0) is 28.8 Å². The predicted octanol–water partition coefficient (Wildman–Crippen LogP) is -0.759. The van der Waals surface area contributed by atoms with E-state index in [1.54, 1.807) is 0 Å². The van der Waals surface area contributed by atoms with E-state index >= 15 is 0 Å². The second kappa shape index (κ2) is 11.6. The van der Waals surface area contributed by atoms with Crippen LogP contribution in [0, 0.1) is 0 Å². The van der Waals surface area contributed by atoms with Crippen LogP contribution < -0.4 is 16.4 Å². The number of aliphatic carboxylic acids is 1. The molecule has 11 nitrogen and oxygen atoms in total. The van der Waals surface area contributed by atoms with Gasteiger partial charge in [-0.3, -0.25) is 9.79 Å². The van der Waals surface area contributed by atoms with Gasteiger partial charge >= 0.3 is 5.97 Å². The lowest BCUT2D eigenvalue weighted by molar-refractivity contribution is -0.146. The van der Waals surface area contributed by atoms with Crippen LogP contribution in [-0.4, -0.2) is 81.8 Å². The molecule has 1 heterocycles. The fourth-order valence-electron chi connectivity index (χ4n) is 3.92. The number of carboxylic acid groups (broad SMARTS) is 1. The van der Waals surface area contributed by atoms with E-state index in [4.69, 9.17) is 10.5 Å². The van der Waals surface area contributed by atoms with Crippen molar-refractivity contribution in [3.63, 3.8) is 0 Å². The first kappa shape index (κ1) is 25.9. The number of aliphatic imine (C=N–C) groups is 1. The minimum Gasteiger partial charge on any atom is -0.478 e. The molecule has 35 heavy (non-hydrogen) atoms. The molecule has 0 fully saturated rings. The highest BCUT2D eigenvalue weighted by Crippen LogP contribution is 2.23. The topological polar surface area (TPSA) is 187 Å². The van der Waals surface area contributed by atoms with Gasteiger partial charge in [0.1, 0.15) is 18.3 Å². The fraction of sp³-hybridized carbons (Fsp3) is 0.375. The number of aliphatic hydroxyl groups excluding tert-OH is 3. The van der Waals surface area contributed by atoms with Gasteiger partial charge < -0.3 is 41.5 Å². The Hall–Kier alpha value is -3.67. The number of fused-ring (bicyclic) bond motifs is 1. The number of hydrogen-bond acceptors (Lipinski definition) is 7. The van der Waals surface area contributed by atoms with Gasteiger partial charge in [-0.15, -0.1) is 0 Å². The first-order valence-electron chi connectivity index (χ1n) is 11.1. The monoisotopic (exact) mass is 486 g/mol. The van der Waals surface area contributed by atoms with Crippen molar-refractivity contribution in [2.75, 3.05) is 13.2 Å². The van der Waals surface area contributed by atoms with Gasteiger partial charge in [0.05, 0.1) is 18.7 Å². The molecule has 0 radical (unpaired) electrons. The number of amides is 1. The average Bonchev–Trinajstić information content (AvgIpc) is 2.83. The quantitative estimate of drug-likeness (QED) is 0.177. The number of ether oxygens (including phenoxy) is 1. The lowest BCUT2D eigenvalue weighted by Gasteiger charge is -2.40. The van der Waals surface area contributed by atoms with Crippen LogP contribution in [0.25, 0.3) is 10.8 Å². The third kappa shape index (κ3) is 6.69. The summed E-state index contributed by atoms with van der Waals surface area (Å²) in [5.41, 5.74) is 7.10. The second-order valence-electron chi connectivity index (χ2n) is 8.25. The molecular weight excluding hydrogens is 456 g/mol. The maximum atomic E-state index is 11.8. The molecule has 1 aliphatic rings. The predicted molar refractivity (Wildman–Crippen MR) is 128 cm³/mol. The third-order valence-corrected chi connectivity index (χ3v) is 5.64. The SMILES string of the molecule is CC(=O)N[C@H]1[C@H]([C@H](O)[C@H](O)CO)OC(C(=O)O)=C[C@@H]1NC(N)=NCCc1ccc2ccccc2c1. The lowest BCUT2D eigenvalue weighted by Crippen LogP contribution is -2.64. The highest BCUT2D eigenvalue weighted by atomic mass is 16.5. The maximum absolute atomic E-state index is 11.8. The van der Waals surface area contributed by atoms with E-state index in [0.717, 1.165) is 16.3 Å². The Morgan fingerprint density at radius 3 is 2.51 bits per heavy atom. The highest BCUT2D eigenvalue weighted by Gasteiger charge is 2.43. The Morgan fingerprint density at radius 1 is 1.14 bits per heavy atom. The Bertz CT molecular complexity index is 1120. The molecule has 11 heteroatoms. The molecule has 0 aromatic heterocycles. The Labute approximate surface area is 201 Å². The van der Waals surface area contributed by atoms with E-state index < -0.39 is 54.6 Å². The van der Waals surface area contributed by atoms with Gasteiger partial charge in [-0.25, -0.2) is 4.79 Å². The Balaban J connectivity index is 1.76. The van der Waals surface area contributed by atoms with Crippen molar-refractivity contribution in [3.8, 4) is 0 Å². The van der Waals surface area contributed by atoms with E-state index in [1.165, 1.54) is 13.0 Å². The van der Waals surface area contributed by atoms with Gasteiger partial charge in [-0.1, -0.05) is 42.5 Å². The third-order valence-electron chi connectivity index (χ3n) is 5.64. The number of carboxylic acids is 1. The number of aliphatic hydroxyl groups is 3. The summed E-state index contributed by atoms with van der Waals surface area (Å²) in [7, 11) is 0. The molecule has 0 aliphatic carbocycles. The molecule has 5 atom stereocenters. The second-order valence-corrected chi connectivity index (χ2v) is 8.25. The zero-order valence-corrected chi connectivity index (χ0v) is 19.2. The Morgan fingerprint density at radius 2 is 1.86 bits per heavy atom. The van der Waals surface area contributed by atoms with E-state index in [0.29, 0.717) is 13.0 Å². The molecule has 1 amide bonds. The van der Waals surface area contributed by atoms with Crippen molar-refractivity contribution in [2.45, 2.75) is 43.7 Å². The summed E-state index contributed by atoms with van der Waals surface area (Å²) in [6.07, 6.45) is -2.91. The molecule has 2 aromatic rings. The number of nitrogens with two attached hydrogens (primary N) is 1. The summed E-state index contributed by atoms with van der Waals surface area (Å²) in [5, 5.41) is 46.6. The first-order chi connectivity index (χ1) is 16.7. The van der Waals surface area contributed by atoms with Crippen molar-refractivity contribution in [1.29, 1.82) is 0 Å². The molecule has 0 saturated carbocycles. The number of benzene rings is 2. The molecule has 0 unspecified atom stereocenters. The van der Waals surface area contributed by atoms with Crippen LogP contribution in [0.15, 0.2) is 59.3 Å². The summed E-state index contributed by atoms with van der Waals surface area (Å²) in [5.74, 6) is -2.42. The number of carbonyl (C=O) groups excluding carboxylic acids is 1. The van der Waals surface area contributed by atoms with Crippen molar-refractivity contribution in [1.82, 2.24) is 10.6 Å². The molecule has 1 aliphatic heterocycles. The van der Waals surface area contributed by atoms with E-state index in [1.807, 2.05) is 36.4 Å². The van der Waals surface area contributed by atoms with Crippen molar-refractivity contribution in [3.05, 3.63) is 59.9 Å². The number of rotatable bonds is 9. The number of nitrogens with zero attached hydrogens (tertiary/aromatic N) is 1. The molecular formula is C24H30N4O7. The molecule has 0 spiro atoms. The van der Waals surface area contributed by atoms with Crippen LogP contribution in [0.5, 0.6) is 0 Å². The van der Waals surface area contributed by atoms with Gasteiger partial charge in [0.25, 0.3) is 0 Å². The van der Waals surface area contributed by atoms with Crippen LogP contribution in [0.3, 0.4) is 0 Å². The number of carbonyl (C=O) groups is 2. The van der Waals surface area contributed by atoms with Crippen molar-refractivity contribution < 1.29 is 34.8 Å². The van der Waals surface area contributed by atoms with E-state index in [2.05, 4.69) is 21.7 Å². The van der Waals surface area contributed by atoms with E-state index in [9.17, 15) is 30.0 Å². The van der Waals surface area contributed by atoms with Crippen LogP contribution in [0.4, 0.5) is 0 Å². The summed E-state index contributed by atoms with van der Waals surface area (Å²) in [6.45, 7) is 0.785. The fourth-order valence-corrected chi connectivity index (χ4v) is 3.92. The lowest BCUT2D eigenvalue weighted by atomic mass is 9.92. The zero-order valence-electron chi connectivity index (χ0n) is 19.2. The van der Waals surface area contributed by atoms with Gasteiger partial charge in [0.2, 0.25) is 11.7 Å². The van der Waals surface area contributed by atoms with Gasteiger partial charge in [0, 0.05) is 13.5 Å². The minimum absolute atomic E-state index is 0.00928. The zero-order chi connectivity index (χ0) is 25.5. The van der Waals surface area contributed by atoms with Crippen LogP contribution in [0.2, 0.25) is 0 Å².